The van der Waals surface area contributed by atoms with Gasteiger partial charge in [0.2, 0.25) is 0 Å². The van der Waals surface area contributed by atoms with Crippen molar-refractivity contribution in [2.75, 3.05) is 0 Å². The summed E-state index contributed by atoms with van der Waals surface area (Å²) in [5, 5.41) is 0. The van der Waals surface area contributed by atoms with Gasteiger partial charge in [-0.15, -0.1) is 0 Å². The van der Waals surface area contributed by atoms with Gasteiger partial charge in [0, 0.05) is 0 Å². The molecule has 0 aliphatic heterocycles. The van der Waals surface area contributed by atoms with Crippen molar-refractivity contribution in [3.63, 3.8) is 0 Å². The minimum absolute atomic E-state index is 1.41. The first-order valence-corrected chi connectivity index (χ1v) is 4.24. The van der Waals surface area contributed by atoms with E-state index in [4.69, 9.17) is 0 Å². The van der Waals surface area contributed by atoms with E-state index in [-0.39, 0.29) is 0 Å². The molecule has 0 N–H and O–H groups in total. The van der Waals surface area contributed by atoms with E-state index in [0.717, 1.165) is 0 Å². The standard InChI is InChI=1S/C8H9.Sb/c1-7-4-3-5-8(2)6-7;/h3-5H,1-2H3;. The van der Waals surface area contributed by atoms with E-state index in [1.807, 2.05) is 0 Å². The molecule has 1 aromatic carbocycles. The van der Waals surface area contributed by atoms with Gasteiger partial charge in [0.25, 0.3) is 0 Å². The van der Waals surface area contributed by atoms with Crippen LogP contribution in [0, 0.1) is 13.8 Å². The average Bonchev–Trinajstić information content (AvgIpc) is 1.83. The summed E-state index contributed by atoms with van der Waals surface area (Å²) in [5.74, 6) is 0. The number of benzene rings is 1. The van der Waals surface area contributed by atoms with Crippen LogP contribution in [0.15, 0.2) is 18.2 Å². The Kier molecular flexibility index (Phi) is 2.18. The maximum absolute atomic E-state index is 2.15. The summed E-state index contributed by atoms with van der Waals surface area (Å²) in [6.07, 6.45) is 0. The quantitative estimate of drug-likeness (QED) is 0.582. The van der Waals surface area contributed by atoms with Crippen molar-refractivity contribution in [1.82, 2.24) is 0 Å². The first-order chi connectivity index (χ1) is 4.22. The van der Waals surface area contributed by atoms with Crippen LogP contribution in [0.1, 0.15) is 11.1 Å². The fourth-order valence-electron chi connectivity index (χ4n) is 0.806. The summed E-state index contributed by atoms with van der Waals surface area (Å²) in [4.78, 5) is 0. The van der Waals surface area contributed by atoms with Crippen LogP contribution in [-0.4, -0.2) is 23.0 Å². The Morgan fingerprint density at radius 2 is 1.56 bits per heavy atom. The molecular formula is C8H9Sb. The Hall–Kier alpha value is 0.0382. The molecule has 9 heavy (non-hydrogen) atoms. The summed E-state index contributed by atoms with van der Waals surface area (Å²) >= 11 is 1.80. The van der Waals surface area contributed by atoms with Gasteiger partial charge in [0.1, 0.15) is 0 Å². The molecule has 0 unspecified atom stereocenters. The molecule has 0 atom stereocenters. The fourth-order valence-corrected chi connectivity index (χ4v) is 1.23. The predicted molar refractivity (Wildman–Crippen MR) is 41.3 cm³/mol. The molecule has 0 nitrogen and oxygen atoms in total. The molecule has 2 radical (unpaired) electrons. The van der Waals surface area contributed by atoms with E-state index in [1.165, 1.54) is 14.6 Å². The Balaban J connectivity index is 3.25. The summed E-state index contributed by atoms with van der Waals surface area (Å²) in [6.45, 7) is 4.31. The van der Waals surface area contributed by atoms with Crippen molar-refractivity contribution >= 4 is 26.5 Å². The molecule has 0 saturated heterocycles. The third-order valence-corrected chi connectivity index (χ3v) is 3.45. The minimum atomic E-state index is 1.41. The molecule has 0 aromatic heterocycles. The van der Waals surface area contributed by atoms with Crippen LogP contribution in [0.5, 0.6) is 0 Å². The molecule has 0 saturated carbocycles. The second-order valence-electron chi connectivity index (χ2n) is 2.24. The third-order valence-electron chi connectivity index (χ3n) is 1.44. The van der Waals surface area contributed by atoms with Gasteiger partial charge in [-0.3, -0.25) is 0 Å². The number of hydrogen-bond acceptors (Lipinski definition) is 0. The molecule has 1 aromatic rings. The third kappa shape index (κ3) is 1.49. The molecule has 1 heteroatoms. The Morgan fingerprint density at radius 1 is 1.11 bits per heavy atom. The number of rotatable bonds is 0. The molecule has 0 fully saturated rings. The number of hydrogen-bond donors (Lipinski definition) is 0. The Bertz CT molecular complexity index is 196. The van der Waals surface area contributed by atoms with Crippen molar-refractivity contribution in [2.45, 2.75) is 13.8 Å². The fraction of sp³-hybridized carbons (Fsp3) is 0.250. The van der Waals surface area contributed by atoms with Gasteiger partial charge in [-0.1, -0.05) is 0 Å². The topological polar surface area (TPSA) is 0 Å². The molecule has 46 valence electrons. The molecule has 0 aliphatic rings. The zero-order chi connectivity index (χ0) is 6.85. The van der Waals surface area contributed by atoms with Crippen molar-refractivity contribution in [1.29, 1.82) is 0 Å². The van der Waals surface area contributed by atoms with E-state index in [0.29, 0.717) is 0 Å². The second kappa shape index (κ2) is 2.75. The van der Waals surface area contributed by atoms with E-state index in [2.05, 4.69) is 32.0 Å². The number of aryl methyl sites for hydroxylation is 2. The summed E-state index contributed by atoms with van der Waals surface area (Å²) in [5.41, 5.74) is 2.81. The second-order valence-corrected chi connectivity index (χ2v) is 3.52. The zero-order valence-electron chi connectivity index (χ0n) is 5.68. The summed E-state index contributed by atoms with van der Waals surface area (Å²) in [7, 11) is 0. The SMILES string of the molecule is Cc1cccc(C)[c]1[Sb]. The first kappa shape index (κ1) is 7.15. The van der Waals surface area contributed by atoms with E-state index in [1.54, 1.807) is 23.0 Å². The van der Waals surface area contributed by atoms with E-state index < -0.39 is 0 Å². The summed E-state index contributed by atoms with van der Waals surface area (Å²) in [6, 6.07) is 6.41. The van der Waals surface area contributed by atoms with E-state index >= 15 is 0 Å². The van der Waals surface area contributed by atoms with Gasteiger partial charge in [0.05, 0.1) is 0 Å². The molecule has 0 bridgehead atoms. The molecule has 0 aliphatic carbocycles. The van der Waals surface area contributed by atoms with Crippen LogP contribution in [0.2, 0.25) is 0 Å². The van der Waals surface area contributed by atoms with Crippen LogP contribution in [-0.2, 0) is 0 Å². The molecule has 0 spiro atoms. The maximum atomic E-state index is 2.15. The van der Waals surface area contributed by atoms with Crippen LogP contribution in [0.4, 0.5) is 0 Å². The van der Waals surface area contributed by atoms with Crippen LogP contribution >= 0.6 is 0 Å². The van der Waals surface area contributed by atoms with Crippen molar-refractivity contribution in [3.8, 4) is 0 Å². The molecule has 1 rings (SSSR count). The van der Waals surface area contributed by atoms with Gasteiger partial charge >= 0.3 is 69.7 Å². The Morgan fingerprint density at radius 3 is 1.89 bits per heavy atom. The average molecular weight is 227 g/mol. The van der Waals surface area contributed by atoms with Crippen LogP contribution in [0.25, 0.3) is 0 Å². The molecular weight excluding hydrogens is 218 g/mol. The monoisotopic (exact) mass is 226 g/mol. The van der Waals surface area contributed by atoms with Crippen molar-refractivity contribution in [2.24, 2.45) is 0 Å². The Labute approximate surface area is 69.8 Å². The van der Waals surface area contributed by atoms with Gasteiger partial charge in [-0.2, -0.15) is 0 Å². The van der Waals surface area contributed by atoms with Gasteiger partial charge < -0.3 is 0 Å². The van der Waals surface area contributed by atoms with Gasteiger partial charge in [-0.25, -0.2) is 0 Å². The first-order valence-electron chi connectivity index (χ1n) is 2.97. The summed E-state index contributed by atoms with van der Waals surface area (Å²) < 4.78 is 1.46. The predicted octanol–water partition coefficient (Wildman–Crippen LogP) is 1.10. The molecule has 0 heterocycles. The molecule has 0 amide bonds. The normalized spacial score (nSPS) is 9.67. The van der Waals surface area contributed by atoms with Crippen molar-refractivity contribution < 1.29 is 0 Å². The van der Waals surface area contributed by atoms with E-state index in [9.17, 15) is 0 Å². The zero-order valence-corrected chi connectivity index (χ0v) is 8.23. The van der Waals surface area contributed by atoms with Gasteiger partial charge in [-0.05, 0) is 0 Å². The van der Waals surface area contributed by atoms with Crippen molar-refractivity contribution in [3.05, 3.63) is 29.3 Å². The van der Waals surface area contributed by atoms with Gasteiger partial charge in [0.15, 0.2) is 0 Å². The van der Waals surface area contributed by atoms with Crippen LogP contribution < -0.4 is 3.51 Å². The van der Waals surface area contributed by atoms with Crippen LogP contribution in [0.3, 0.4) is 0 Å².